The van der Waals surface area contributed by atoms with Crippen LogP contribution in [-0.2, 0) is 6.54 Å². The first-order valence-corrected chi connectivity index (χ1v) is 12.3. The van der Waals surface area contributed by atoms with E-state index in [1.165, 1.54) is 0 Å². The van der Waals surface area contributed by atoms with Gasteiger partial charge in [0.2, 0.25) is 0 Å². The largest absolute Gasteiger partial charge is 0.490 e. The number of rotatable bonds is 8. The first-order valence-electron chi connectivity index (χ1n) is 11.9. The van der Waals surface area contributed by atoms with Crippen LogP contribution in [0.2, 0.25) is 5.02 Å². The molecule has 0 unspecified atom stereocenters. The van der Waals surface area contributed by atoms with E-state index in [1.807, 2.05) is 33.8 Å². The molecule has 0 atom stereocenters. The number of ether oxygens (including phenoxy) is 2. The van der Waals surface area contributed by atoms with Gasteiger partial charge in [0.05, 0.1) is 17.7 Å². The number of pyridine rings is 1. The van der Waals surface area contributed by atoms with Gasteiger partial charge in [0.1, 0.15) is 0 Å². The summed E-state index contributed by atoms with van der Waals surface area (Å²) >= 11 is 6.62. The summed E-state index contributed by atoms with van der Waals surface area (Å²) in [7, 11) is 4.22. The van der Waals surface area contributed by atoms with Gasteiger partial charge in [-0.25, -0.2) is 0 Å². The summed E-state index contributed by atoms with van der Waals surface area (Å²) in [6, 6.07) is 4.08. The number of aromatic nitrogens is 1. The van der Waals surface area contributed by atoms with Crippen LogP contribution in [0.3, 0.4) is 0 Å². The molecule has 186 valence electrons. The standard InChI is InChI=1S/C26H36ClN3O4/c1-7-33-23-17(4)20(25(31)28-14-21-15(2)12-16(3)29-26(21)32)13-22(27)24(23)34-19-10-8-18(9-11-19)30(5)6/h12-13,18-19H,7-11,14H2,1-6H3,(H,28,31)(H,29,32). The molecule has 1 aromatic heterocycles. The van der Waals surface area contributed by atoms with Crippen LogP contribution in [0.25, 0.3) is 0 Å². The molecule has 1 fully saturated rings. The molecule has 0 bridgehead atoms. The molecule has 2 N–H and O–H groups in total. The highest BCUT2D eigenvalue weighted by molar-refractivity contribution is 6.32. The summed E-state index contributed by atoms with van der Waals surface area (Å²) in [6.07, 6.45) is 4.07. The highest BCUT2D eigenvalue weighted by Gasteiger charge is 2.27. The molecule has 0 radical (unpaired) electrons. The fourth-order valence-corrected chi connectivity index (χ4v) is 4.82. The zero-order valence-electron chi connectivity index (χ0n) is 21.0. The lowest BCUT2D eigenvalue weighted by molar-refractivity contribution is 0.0948. The smallest absolute Gasteiger partial charge is 0.253 e. The summed E-state index contributed by atoms with van der Waals surface area (Å²) in [6.45, 7) is 7.94. The predicted octanol–water partition coefficient (Wildman–Crippen LogP) is 4.53. The molecule has 2 aromatic rings. The topological polar surface area (TPSA) is 83.7 Å². The number of aryl methyl sites for hydroxylation is 2. The van der Waals surface area contributed by atoms with Crippen LogP contribution in [0, 0.1) is 20.8 Å². The van der Waals surface area contributed by atoms with Gasteiger partial charge in [-0.3, -0.25) is 9.59 Å². The van der Waals surface area contributed by atoms with Crippen molar-refractivity contribution in [1.82, 2.24) is 15.2 Å². The summed E-state index contributed by atoms with van der Waals surface area (Å²) in [5, 5.41) is 3.20. The Labute approximate surface area is 206 Å². The van der Waals surface area contributed by atoms with E-state index in [4.69, 9.17) is 21.1 Å². The molecular formula is C26H36ClN3O4. The fourth-order valence-electron chi connectivity index (χ4n) is 4.58. The molecule has 0 aliphatic heterocycles. The number of nitrogens with zero attached hydrogens (tertiary/aromatic N) is 1. The Balaban J connectivity index is 1.80. The predicted molar refractivity (Wildman–Crippen MR) is 135 cm³/mol. The highest BCUT2D eigenvalue weighted by Crippen LogP contribution is 2.42. The molecule has 1 amide bonds. The molecule has 7 nitrogen and oxygen atoms in total. The van der Waals surface area contributed by atoms with Crippen LogP contribution in [0.1, 0.15) is 65.3 Å². The third kappa shape index (κ3) is 5.94. The maximum Gasteiger partial charge on any atom is 0.253 e. The van der Waals surface area contributed by atoms with E-state index in [9.17, 15) is 9.59 Å². The van der Waals surface area contributed by atoms with Crippen molar-refractivity contribution in [3.05, 3.63) is 55.5 Å². The van der Waals surface area contributed by atoms with Crippen molar-refractivity contribution in [3.63, 3.8) is 0 Å². The molecule has 1 heterocycles. The van der Waals surface area contributed by atoms with Crippen LogP contribution < -0.4 is 20.3 Å². The quantitative estimate of drug-likeness (QED) is 0.569. The van der Waals surface area contributed by atoms with E-state index < -0.39 is 0 Å². The summed E-state index contributed by atoms with van der Waals surface area (Å²) in [5.41, 5.74) is 3.01. The molecule has 1 aromatic carbocycles. The van der Waals surface area contributed by atoms with Crippen molar-refractivity contribution in [1.29, 1.82) is 0 Å². The Kier molecular flexibility index (Phi) is 8.66. The van der Waals surface area contributed by atoms with E-state index in [0.717, 1.165) is 36.9 Å². The van der Waals surface area contributed by atoms with Crippen LogP contribution in [-0.4, -0.2) is 48.6 Å². The van der Waals surface area contributed by atoms with E-state index in [-0.39, 0.29) is 24.1 Å². The molecular weight excluding hydrogens is 454 g/mol. The second-order valence-electron chi connectivity index (χ2n) is 9.26. The maximum atomic E-state index is 13.1. The minimum Gasteiger partial charge on any atom is -0.490 e. The van der Waals surface area contributed by atoms with Crippen LogP contribution in [0.15, 0.2) is 16.9 Å². The van der Waals surface area contributed by atoms with Crippen molar-refractivity contribution in [2.45, 2.75) is 72.1 Å². The van der Waals surface area contributed by atoms with E-state index in [1.54, 1.807) is 6.07 Å². The van der Waals surface area contributed by atoms with Crippen LogP contribution in [0.4, 0.5) is 0 Å². The lowest BCUT2D eigenvalue weighted by atomic mass is 9.92. The molecule has 0 spiro atoms. The third-order valence-electron chi connectivity index (χ3n) is 6.55. The van der Waals surface area contributed by atoms with Gasteiger partial charge in [0.25, 0.3) is 11.5 Å². The Morgan fingerprint density at radius 1 is 1.15 bits per heavy atom. The zero-order chi connectivity index (χ0) is 25.0. The minimum atomic E-state index is -0.322. The van der Waals surface area contributed by atoms with Crippen molar-refractivity contribution in [2.24, 2.45) is 0 Å². The number of H-pyrrole nitrogens is 1. The molecule has 8 heteroatoms. The number of halogens is 1. The van der Waals surface area contributed by atoms with Crippen LogP contribution >= 0.6 is 11.6 Å². The van der Waals surface area contributed by atoms with E-state index in [0.29, 0.717) is 45.9 Å². The molecule has 3 rings (SSSR count). The van der Waals surface area contributed by atoms with Gasteiger partial charge in [-0.05, 0) is 85.2 Å². The number of nitrogens with one attached hydrogen (secondary N) is 2. The van der Waals surface area contributed by atoms with Gasteiger partial charge in [0.15, 0.2) is 11.5 Å². The first kappa shape index (κ1) is 26.1. The van der Waals surface area contributed by atoms with Crippen molar-refractivity contribution in [3.8, 4) is 11.5 Å². The van der Waals surface area contributed by atoms with Crippen molar-refractivity contribution >= 4 is 17.5 Å². The molecule has 1 aliphatic rings. The number of amides is 1. The monoisotopic (exact) mass is 489 g/mol. The van der Waals surface area contributed by atoms with Gasteiger partial charge >= 0.3 is 0 Å². The Bertz CT molecular complexity index is 1090. The second kappa shape index (κ2) is 11.3. The number of benzene rings is 1. The number of carbonyl (C=O) groups excluding carboxylic acids is 1. The number of aromatic amines is 1. The van der Waals surface area contributed by atoms with Crippen molar-refractivity contribution in [2.75, 3.05) is 20.7 Å². The van der Waals surface area contributed by atoms with Crippen molar-refractivity contribution < 1.29 is 14.3 Å². The average molecular weight is 490 g/mol. The van der Waals surface area contributed by atoms with E-state index >= 15 is 0 Å². The Morgan fingerprint density at radius 3 is 2.41 bits per heavy atom. The van der Waals surface area contributed by atoms with E-state index in [2.05, 4.69) is 29.3 Å². The number of hydrogen-bond acceptors (Lipinski definition) is 5. The molecule has 0 saturated heterocycles. The third-order valence-corrected chi connectivity index (χ3v) is 6.83. The summed E-state index contributed by atoms with van der Waals surface area (Å²) in [4.78, 5) is 30.4. The summed E-state index contributed by atoms with van der Waals surface area (Å²) < 4.78 is 12.2. The van der Waals surface area contributed by atoms with Gasteiger partial charge < -0.3 is 24.7 Å². The fraction of sp³-hybridized carbons (Fsp3) is 0.538. The minimum absolute atomic E-state index is 0.0585. The molecule has 1 saturated carbocycles. The van der Waals surface area contributed by atoms with Crippen LogP contribution in [0.5, 0.6) is 11.5 Å². The second-order valence-corrected chi connectivity index (χ2v) is 9.67. The SMILES string of the molecule is CCOc1c(C)c(C(=O)NCc2c(C)cc(C)[nH]c2=O)cc(Cl)c1OC1CCC(N(C)C)CC1. The Hall–Kier alpha value is -2.51. The number of carbonyl (C=O) groups is 1. The van der Waals surface area contributed by atoms with Gasteiger partial charge in [0, 0.05) is 35.0 Å². The molecule has 1 aliphatic carbocycles. The normalized spacial score (nSPS) is 18.1. The molecule has 34 heavy (non-hydrogen) atoms. The van der Waals surface area contributed by atoms with Gasteiger partial charge in [-0.1, -0.05) is 11.6 Å². The average Bonchev–Trinajstić information content (AvgIpc) is 2.77. The highest BCUT2D eigenvalue weighted by atomic mass is 35.5. The van der Waals surface area contributed by atoms with Gasteiger partial charge in [-0.2, -0.15) is 0 Å². The number of hydrogen-bond donors (Lipinski definition) is 2. The zero-order valence-corrected chi connectivity index (χ0v) is 21.8. The maximum absolute atomic E-state index is 13.1. The summed E-state index contributed by atoms with van der Waals surface area (Å²) in [5.74, 6) is 0.675. The lowest BCUT2D eigenvalue weighted by Crippen LogP contribution is -2.35. The Morgan fingerprint density at radius 2 is 1.82 bits per heavy atom. The van der Waals surface area contributed by atoms with Gasteiger partial charge in [-0.15, -0.1) is 0 Å². The lowest BCUT2D eigenvalue weighted by Gasteiger charge is -2.33. The first-order chi connectivity index (χ1) is 16.1.